The molecule has 0 saturated carbocycles. The van der Waals surface area contributed by atoms with Crippen LogP contribution in [0, 0.1) is 0 Å². The van der Waals surface area contributed by atoms with Crippen molar-refractivity contribution in [1.29, 1.82) is 0 Å². The monoisotopic (exact) mass is 431 g/mol. The average Bonchev–Trinajstić information content (AvgIpc) is 2.97. The SMILES string of the molecule is CN=CC(=CN)c1c(OC)cc2ncc3c4c2c1oc1ccc(OC)cc1n4c(=O)n3C. The number of aliphatic imine (C=N–C) groups is 1. The first kappa shape index (κ1) is 19.7. The first-order valence-electron chi connectivity index (χ1n) is 9.85. The van der Waals surface area contributed by atoms with E-state index in [0.717, 1.165) is 0 Å². The smallest absolute Gasteiger partial charge is 0.333 e. The Labute approximate surface area is 182 Å². The maximum atomic E-state index is 13.3. The highest BCUT2D eigenvalue weighted by molar-refractivity contribution is 6.21. The van der Waals surface area contributed by atoms with E-state index in [9.17, 15) is 4.79 Å². The molecule has 3 aromatic heterocycles. The Morgan fingerprint density at radius 2 is 2.03 bits per heavy atom. The molecule has 0 bridgehead atoms. The van der Waals surface area contributed by atoms with Crippen molar-refractivity contribution >= 4 is 50.4 Å². The number of nitrogens with zero attached hydrogens (tertiary/aromatic N) is 4. The second kappa shape index (κ2) is 7.16. The first-order valence-corrected chi connectivity index (χ1v) is 9.85. The molecule has 3 heterocycles. The number of aryl methyl sites for hydroxylation is 1. The second-order valence-corrected chi connectivity index (χ2v) is 7.29. The number of aromatic nitrogens is 3. The van der Waals surface area contributed by atoms with Crippen LogP contribution in [0.3, 0.4) is 0 Å². The van der Waals surface area contributed by atoms with Gasteiger partial charge in [0, 0.05) is 44.2 Å². The van der Waals surface area contributed by atoms with Crippen LogP contribution in [-0.2, 0) is 7.05 Å². The summed E-state index contributed by atoms with van der Waals surface area (Å²) in [7, 11) is 6.52. The molecule has 162 valence electrons. The number of methoxy groups -OCH3 is 2. The predicted molar refractivity (Wildman–Crippen MR) is 125 cm³/mol. The number of rotatable bonds is 4. The predicted octanol–water partition coefficient (Wildman–Crippen LogP) is 3.10. The van der Waals surface area contributed by atoms with E-state index in [1.54, 1.807) is 67.9 Å². The molecule has 5 aromatic rings. The highest BCUT2D eigenvalue weighted by Crippen LogP contribution is 2.40. The molecule has 0 amide bonds. The van der Waals surface area contributed by atoms with Crippen molar-refractivity contribution in [3.05, 3.63) is 52.7 Å². The molecule has 32 heavy (non-hydrogen) atoms. The van der Waals surface area contributed by atoms with Crippen LogP contribution in [0.1, 0.15) is 5.56 Å². The number of hydrogen-bond acceptors (Lipinski definition) is 7. The van der Waals surface area contributed by atoms with Crippen molar-refractivity contribution < 1.29 is 13.9 Å². The van der Waals surface area contributed by atoms with Gasteiger partial charge in [0.2, 0.25) is 0 Å². The van der Waals surface area contributed by atoms with Gasteiger partial charge in [-0.3, -0.25) is 18.9 Å². The largest absolute Gasteiger partial charge is 0.497 e. The number of nitrogens with two attached hydrogens (primary N) is 1. The van der Waals surface area contributed by atoms with E-state index in [-0.39, 0.29) is 5.69 Å². The molecule has 5 rings (SSSR count). The second-order valence-electron chi connectivity index (χ2n) is 7.29. The van der Waals surface area contributed by atoms with Gasteiger partial charge in [-0.15, -0.1) is 0 Å². The number of fused-ring (bicyclic) bond motifs is 2. The Bertz CT molecular complexity index is 1650. The highest BCUT2D eigenvalue weighted by atomic mass is 16.5. The molecule has 9 heteroatoms. The van der Waals surface area contributed by atoms with E-state index in [1.807, 2.05) is 6.07 Å². The van der Waals surface area contributed by atoms with Crippen molar-refractivity contribution in [2.24, 2.45) is 17.8 Å². The van der Waals surface area contributed by atoms with Crippen LogP contribution < -0.4 is 20.9 Å². The Kier molecular flexibility index (Phi) is 4.40. The van der Waals surface area contributed by atoms with Crippen molar-refractivity contribution in [1.82, 2.24) is 14.0 Å². The number of pyridine rings is 1. The Balaban J connectivity index is 2.19. The molecule has 0 saturated heterocycles. The fourth-order valence-electron chi connectivity index (χ4n) is 4.18. The van der Waals surface area contributed by atoms with Crippen LogP contribution in [0.15, 0.2) is 50.9 Å². The molecule has 0 aliphatic rings. The van der Waals surface area contributed by atoms with Gasteiger partial charge < -0.3 is 19.6 Å². The summed E-state index contributed by atoms with van der Waals surface area (Å²) in [5.41, 5.74) is 10.5. The summed E-state index contributed by atoms with van der Waals surface area (Å²) in [5, 5.41) is 0.676. The van der Waals surface area contributed by atoms with Gasteiger partial charge in [0.15, 0.2) is 11.2 Å². The topological polar surface area (TPSA) is 109 Å². The molecule has 9 nitrogen and oxygen atoms in total. The van der Waals surface area contributed by atoms with Gasteiger partial charge in [0.1, 0.15) is 11.5 Å². The molecular weight excluding hydrogens is 410 g/mol. The Morgan fingerprint density at radius 1 is 1.22 bits per heavy atom. The van der Waals surface area contributed by atoms with E-state index in [4.69, 9.17) is 19.6 Å². The fourth-order valence-corrected chi connectivity index (χ4v) is 4.18. The van der Waals surface area contributed by atoms with Crippen LogP contribution >= 0.6 is 0 Å². The van der Waals surface area contributed by atoms with Crippen LogP contribution in [0.5, 0.6) is 11.5 Å². The molecule has 0 atom stereocenters. The lowest BCUT2D eigenvalue weighted by Gasteiger charge is -2.12. The van der Waals surface area contributed by atoms with Gasteiger partial charge >= 0.3 is 5.69 Å². The third-order valence-corrected chi connectivity index (χ3v) is 5.67. The molecule has 0 aliphatic carbocycles. The zero-order valence-electron chi connectivity index (χ0n) is 18.0. The zero-order chi connectivity index (χ0) is 22.6. The van der Waals surface area contributed by atoms with E-state index >= 15 is 0 Å². The molecule has 0 fully saturated rings. The maximum Gasteiger partial charge on any atom is 0.333 e. The summed E-state index contributed by atoms with van der Waals surface area (Å²) >= 11 is 0. The third kappa shape index (κ3) is 2.54. The average molecular weight is 431 g/mol. The summed E-state index contributed by atoms with van der Waals surface area (Å²) in [6, 6.07) is 7.14. The van der Waals surface area contributed by atoms with Gasteiger partial charge in [0.25, 0.3) is 0 Å². The van der Waals surface area contributed by atoms with Gasteiger partial charge in [-0.25, -0.2) is 4.79 Å². The minimum absolute atomic E-state index is 0.220. The quantitative estimate of drug-likeness (QED) is 0.438. The van der Waals surface area contributed by atoms with Gasteiger partial charge in [-0.05, 0) is 12.1 Å². The van der Waals surface area contributed by atoms with Crippen LogP contribution in [0.25, 0.3) is 44.2 Å². The van der Waals surface area contributed by atoms with E-state index in [2.05, 4.69) is 9.98 Å². The number of ether oxygens (including phenoxy) is 2. The molecule has 0 aliphatic heterocycles. The Morgan fingerprint density at radius 3 is 2.72 bits per heavy atom. The summed E-state index contributed by atoms with van der Waals surface area (Å²) in [6.07, 6.45) is 4.76. The van der Waals surface area contributed by atoms with Crippen molar-refractivity contribution in [3.8, 4) is 11.5 Å². The molecule has 0 radical (unpaired) electrons. The number of imidazole rings is 1. The first-order chi connectivity index (χ1) is 15.5. The van der Waals surface area contributed by atoms with E-state index in [0.29, 0.717) is 61.3 Å². The summed E-state index contributed by atoms with van der Waals surface area (Å²) in [4.78, 5) is 22.1. The zero-order valence-corrected chi connectivity index (χ0v) is 18.0. The van der Waals surface area contributed by atoms with Crippen LogP contribution in [0.2, 0.25) is 0 Å². The lowest BCUT2D eigenvalue weighted by atomic mass is 10.0. The third-order valence-electron chi connectivity index (χ3n) is 5.67. The standard InChI is InChI=1S/C23H21N5O4/c1-25-10-12(9-24)19-18(31-4)8-14-20-21-16(11-26-14)27(2)23(29)28(21)15-7-13(30-3)5-6-17(15)32-22(19)20/h5-11H,24H2,1-4H3. The number of benzene rings is 2. The molecular formula is C23H21N5O4. The normalized spacial score (nSPS) is 12.7. The number of hydrogen-bond donors (Lipinski definition) is 1. The van der Waals surface area contributed by atoms with Crippen LogP contribution in [-0.4, -0.2) is 41.4 Å². The maximum absolute atomic E-state index is 13.3. The lowest BCUT2D eigenvalue weighted by Crippen LogP contribution is -2.17. The molecule has 0 unspecified atom stereocenters. The minimum Gasteiger partial charge on any atom is -0.497 e. The molecule has 0 spiro atoms. The van der Waals surface area contributed by atoms with E-state index < -0.39 is 0 Å². The van der Waals surface area contributed by atoms with Crippen LogP contribution in [0.4, 0.5) is 0 Å². The Hall–Kier alpha value is -4.27. The molecule has 2 aromatic carbocycles. The minimum atomic E-state index is -0.220. The summed E-state index contributed by atoms with van der Waals surface area (Å²) < 4.78 is 20.8. The summed E-state index contributed by atoms with van der Waals surface area (Å²) in [5.74, 6) is 1.13. The summed E-state index contributed by atoms with van der Waals surface area (Å²) in [6.45, 7) is 0. The van der Waals surface area contributed by atoms with E-state index in [1.165, 1.54) is 6.20 Å². The molecule has 2 N–H and O–H groups in total. The van der Waals surface area contributed by atoms with Gasteiger partial charge in [-0.1, -0.05) is 0 Å². The van der Waals surface area contributed by atoms with Crippen molar-refractivity contribution in [2.75, 3.05) is 21.3 Å². The fraction of sp³-hybridized carbons (Fsp3) is 0.174. The lowest BCUT2D eigenvalue weighted by molar-refractivity contribution is 0.413. The van der Waals surface area contributed by atoms with Gasteiger partial charge in [0.05, 0.1) is 53.4 Å². The number of allylic oxidation sites excluding steroid dienone is 1. The van der Waals surface area contributed by atoms with Crippen molar-refractivity contribution in [3.63, 3.8) is 0 Å². The van der Waals surface area contributed by atoms with Gasteiger partial charge in [-0.2, -0.15) is 0 Å². The van der Waals surface area contributed by atoms with Crippen molar-refractivity contribution in [2.45, 2.75) is 0 Å². The highest BCUT2D eigenvalue weighted by Gasteiger charge is 2.23.